The molecule has 22 heavy (non-hydrogen) atoms. The lowest BCUT2D eigenvalue weighted by molar-refractivity contribution is -0.151. The summed E-state index contributed by atoms with van der Waals surface area (Å²) < 4.78 is 11.3. The Kier molecular flexibility index (Phi) is 3.93. The van der Waals surface area contributed by atoms with Crippen LogP contribution < -0.4 is 0 Å². The second kappa shape index (κ2) is 5.79. The fraction of sp³-hybridized carbons (Fsp3) is 0.944. The number of aliphatic carboxylic acids is 1. The Bertz CT molecular complexity index is 437. The van der Waals surface area contributed by atoms with Crippen molar-refractivity contribution >= 4 is 5.97 Å². The number of fused-ring (bicyclic) bond motifs is 2. The van der Waals surface area contributed by atoms with Crippen LogP contribution in [0.2, 0.25) is 0 Å². The van der Waals surface area contributed by atoms with Crippen LogP contribution in [-0.4, -0.2) is 35.5 Å². The van der Waals surface area contributed by atoms with Crippen LogP contribution in [0, 0.1) is 11.3 Å². The molecule has 6 unspecified atom stereocenters. The van der Waals surface area contributed by atoms with Gasteiger partial charge >= 0.3 is 5.97 Å². The van der Waals surface area contributed by atoms with Gasteiger partial charge in [-0.25, -0.2) is 0 Å². The summed E-state index contributed by atoms with van der Waals surface area (Å²) in [5.74, 6) is 0.00537. The third-order valence-electron chi connectivity index (χ3n) is 6.52. The minimum atomic E-state index is -0.561. The van der Waals surface area contributed by atoms with E-state index in [4.69, 9.17) is 9.47 Å². The molecule has 4 nitrogen and oxygen atoms in total. The Hall–Kier alpha value is -0.610. The maximum Gasteiger partial charge on any atom is 0.309 e. The zero-order valence-electron chi connectivity index (χ0n) is 13.3. The van der Waals surface area contributed by atoms with Crippen molar-refractivity contribution in [2.75, 3.05) is 0 Å². The zero-order chi connectivity index (χ0) is 15.2. The molecule has 0 aromatic rings. The van der Waals surface area contributed by atoms with Crippen molar-refractivity contribution in [2.45, 2.75) is 95.0 Å². The fourth-order valence-corrected chi connectivity index (χ4v) is 4.97. The van der Waals surface area contributed by atoms with Crippen molar-refractivity contribution in [3.05, 3.63) is 0 Å². The van der Waals surface area contributed by atoms with Gasteiger partial charge in [-0.3, -0.25) is 4.79 Å². The normalized spacial score (nSPS) is 47.9. The van der Waals surface area contributed by atoms with Gasteiger partial charge in [0.05, 0.1) is 29.8 Å². The van der Waals surface area contributed by atoms with Gasteiger partial charge in [-0.15, -0.1) is 0 Å². The first-order chi connectivity index (χ1) is 10.7. The average Bonchev–Trinajstić information content (AvgIpc) is 3.34. The fourth-order valence-electron chi connectivity index (χ4n) is 4.97. The van der Waals surface area contributed by atoms with Gasteiger partial charge in [-0.2, -0.15) is 0 Å². The van der Waals surface area contributed by atoms with Gasteiger partial charge in [0.1, 0.15) is 0 Å². The summed E-state index contributed by atoms with van der Waals surface area (Å²) in [4.78, 5) is 12.1. The standard InChI is InChI=1S/C18H28O4/c19-17(20)18(9-2-5-14-16(22-14)8-10-18)11-12-3-1-4-13-15(21-13)7-6-12/h12-16H,1-11H2,(H,19,20). The highest BCUT2D eigenvalue weighted by molar-refractivity contribution is 5.74. The second-order valence-electron chi connectivity index (χ2n) is 8.02. The number of carbonyl (C=O) groups is 1. The molecule has 2 saturated carbocycles. The summed E-state index contributed by atoms with van der Waals surface area (Å²) >= 11 is 0. The van der Waals surface area contributed by atoms with Gasteiger partial charge in [0, 0.05) is 0 Å². The molecule has 2 heterocycles. The molecule has 0 bridgehead atoms. The van der Waals surface area contributed by atoms with E-state index in [-0.39, 0.29) is 0 Å². The molecule has 1 N–H and O–H groups in total. The predicted molar refractivity (Wildman–Crippen MR) is 81.7 cm³/mol. The minimum absolute atomic E-state index is 0.358. The largest absolute Gasteiger partial charge is 0.481 e. The molecule has 4 fully saturated rings. The number of hydrogen-bond acceptors (Lipinski definition) is 3. The number of ether oxygens (including phenoxy) is 2. The Balaban J connectivity index is 1.42. The third kappa shape index (κ3) is 3.05. The molecule has 2 aliphatic heterocycles. The average molecular weight is 308 g/mol. The van der Waals surface area contributed by atoms with E-state index in [9.17, 15) is 9.90 Å². The molecule has 4 rings (SSSR count). The van der Waals surface area contributed by atoms with E-state index in [0.29, 0.717) is 30.3 Å². The van der Waals surface area contributed by atoms with Gasteiger partial charge in [-0.05, 0) is 63.7 Å². The molecule has 6 atom stereocenters. The van der Waals surface area contributed by atoms with Crippen molar-refractivity contribution in [1.29, 1.82) is 0 Å². The lowest BCUT2D eigenvalue weighted by Crippen LogP contribution is -2.35. The van der Waals surface area contributed by atoms with E-state index in [2.05, 4.69) is 0 Å². The van der Waals surface area contributed by atoms with Crippen LogP contribution in [0.15, 0.2) is 0 Å². The molecular weight excluding hydrogens is 280 g/mol. The first kappa shape index (κ1) is 14.9. The summed E-state index contributed by atoms with van der Waals surface area (Å²) in [7, 11) is 0. The molecule has 0 radical (unpaired) electrons. The molecule has 0 spiro atoms. The molecule has 124 valence electrons. The van der Waals surface area contributed by atoms with Gasteiger partial charge in [-0.1, -0.05) is 12.8 Å². The Labute approximate surface area is 132 Å². The lowest BCUT2D eigenvalue weighted by Gasteiger charge is -2.34. The van der Waals surface area contributed by atoms with Crippen LogP contribution in [0.25, 0.3) is 0 Å². The van der Waals surface area contributed by atoms with Crippen LogP contribution in [0.1, 0.15) is 70.6 Å². The maximum atomic E-state index is 12.1. The van der Waals surface area contributed by atoms with E-state index in [1.807, 2.05) is 0 Å². The van der Waals surface area contributed by atoms with Crippen molar-refractivity contribution in [2.24, 2.45) is 11.3 Å². The molecule has 0 aromatic heterocycles. The number of carboxylic acid groups (broad SMARTS) is 1. The topological polar surface area (TPSA) is 62.4 Å². The van der Waals surface area contributed by atoms with E-state index in [0.717, 1.165) is 51.4 Å². The smallest absolute Gasteiger partial charge is 0.309 e. The Morgan fingerprint density at radius 2 is 1.55 bits per heavy atom. The minimum Gasteiger partial charge on any atom is -0.481 e. The van der Waals surface area contributed by atoms with Crippen molar-refractivity contribution < 1.29 is 19.4 Å². The van der Waals surface area contributed by atoms with E-state index in [1.54, 1.807) is 0 Å². The molecule has 4 heteroatoms. The molecule has 0 amide bonds. The van der Waals surface area contributed by atoms with Crippen molar-refractivity contribution in [3.8, 4) is 0 Å². The highest BCUT2D eigenvalue weighted by Gasteiger charge is 2.48. The van der Waals surface area contributed by atoms with Crippen molar-refractivity contribution in [3.63, 3.8) is 0 Å². The summed E-state index contributed by atoms with van der Waals surface area (Å²) in [6, 6.07) is 0. The second-order valence-corrected chi connectivity index (χ2v) is 8.02. The molecular formula is C18H28O4. The van der Waals surface area contributed by atoms with Gasteiger partial charge in [0.25, 0.3) is 0 Å². The third-order valence-corrected chi connectivity index (χ3v) is 6.52. The Morgan fingerprint density at radius 1 is 0.864 bits per heavy atom. The monoisotopic (exact) mass is 308 g/mol. The number of epoxide rings is 2. The Morgan fingerprint density at radius 3 is 2.32 bits per heavy atom. The number of carboxylic acids is 1. The first-order valence-corrected chi connectivity index (χ1v) is 9.21. The van der Waals surface area contributed by atoms with Crippen LogP contribution >= 0.6 is 0 Å². The first-order valence-electron chi connectivity index (χ1n) is 9.21. The summed E-state index contributed by atoms with van der Waals surface area (Å²) in [5.41, 5.74) is -0.495. The van der Waals surface area contributed by atoms with Gasteiger partial charge < -0.3 is 14.6 Å². The van der Waals surface area contributed by atoms with Gasteiger partial charge in [0.2, 0.25) is 0 Å². The quantitative estimate of drug-likeness (QED) is 0.810. The van der Waals surface area contributed by atoms with E-state index >= 15 is 0 Å². The van der Waals surface area contributed by atoms with Crippen LogP contribution in [-0.2, 0) is 14.3 Å². The van der Waals surface area contributed by atoms with Crippen LogP contribution in [0.4, 0.5) is 0 Å². The summed E-state index contributed by atoms with van der Waals surface area (Å²) in [6.07, 6.45) is 13.2. The summed E-state index contributed by atoms with van der Waals surface area (Å²) in [5, 5.41) is 9.96. The highest BCUT2D eigenvalue weighted by atomic mass is 16.6. The molecule has 4 aliphatic rings. The van der Waals surface area contributed by atoms with E-state index in [1.165, 1.54) is 19.3 Å². The maximum absolute atomic E-state index is 12.1. The SMILES string of the molecule is O=C(O)C1(CC2CCCC3OC3CC2)CCCC2OC2CC1. The van der Waals surface area contributed by atoms with Crippen LogP contribution in [0.5, 0.6) is 0 Å². The number of hydrogen-bond donors (Lipinski definition) is 1. The van der Waals surface area contributed by atoms with Crippen LogP contribution in [0.3, 0.4) is 0 Å². The summed E-state index contributed by atoms with van der Waals surface area (Å²) in [6.45, 7) is 0. The van der Waals surface area contributed by atoms with Gasteiger partial charge in [0.15, 0.2) is 0 Å². The molecule has 2 aliphatic carbocycles. The molecule has 2 saturated heterocycles. The predicted octanol–water partition coefficient (Wildman–Crippen LogP) is 3.53. The number of rotatable bonds is 3. The van der Waals surface area contributed by atoms with E-state index < -0.39 is 11.4 Å². The molecule has 0 aromatic carbocycles. The zero-order valence-corrected chi connectivity index (χ0v) is 13.3. The van der Waals surface area contributed by atoms with Crippen molar-refractivity contribution in [1.82, 2.24) is 0 Å². The highest BCUT2D eigenvalue weighted by Crippen LogP contribution is 2.47. The lowest BCUT2D eigenvalue weighted by atomic mass is 9.69.